The Balaban J connectivity index is 1.60. The van der Waals surface area contributed by atoms with Crippen LogP contribution in [-0.4, -0.2) is 40.0 Å². The molecule has 1 aromatic heterocycles. The number of nitrogens with one attached hydrogen (secondary N) is 1. The molecular weight excluding hydrogens is 324 g/mol. The lowest BCUT2D eigenvalue weighted by Crippen LogP contribution is -2.28. The largest absolute Gasteiger partial charge is 0.342 e. The summed E-state index contributed by atoms with van der Waals surface area (Å²) in [7, 11) is 0. The van der Waals surface area contributed by atoms with Crippen molar-refractivity contribution in [2.24, 2.45) is 5.92 Å². The van der Waals surface area contributed by atoms with Crippen LogP contribution in [0.1, 0.15) is 29.5 Å². The number of likely N-dealkylation sites (tertiary alicyclic amines) is 1. The summed E-state index contributed by atoms with van der Waals surface area (Å²) in [6.45, 7) is 5.09. The van der Waals surface area contributed by atoms with Gasteiger partial charge in [0.25, 0.3) is 0 Å². The fourth-order valence-electron chi connectivity index (χ4n) is 2.83. The van der Waals surface area contributed by atoms with E-state index >= 15 is 0 Å². The van der Waals surface area contributed by atoms with Crippen molar-refractivity contribution in [1.29, 1.82) is 0 Å². The Labute approximate surface area is 144 Å². The van der Waals surface area contributed by atoms with Crippen molar-refractivity contribution in [3.8, 4) is 0 Å². The summed E-state index contributed by atoms with van der Waals surface area (Å²) in [5, 5.41) is 12.3. The zero-order valence-corrected chi connectivity index (χ0v) is 14.6. The highest BCUT2D eigenvalue weighted by atomic mass is 32.1. The van der Waals surface area contributed by atoms with Gasteiger partial charge in [-0.05, 0) is 19.4 Å². The van der Waals surface area contributed by atoms with Crippen molar-refractivity contribution in [2.45, 2.75) is 26.7 Å². The van der Waals surface area contributed by atoms with E-state index in [1.54, 1.807) is 4.90 Å². The van der Waals surface area contributed by atoms with Gasteiger partial charge >= 0.3 is 0 Å². The molecular formula is C17H20N4O2S. The molecule has 0 spiro atoms. The number of hydrogen-bond acceptors (Lipinski definition) is 5. The van der Waals surface area contributed by atoms with Gasteiger partial charge in [-0.15, -0.1) is 10.2 Å². The van der Waals surface area contributed by atoms with E-state index in [0.717, 1.165) is 5.01 Å². The molecule has 1 fully saturated rings. The number of carbonyl (C=O) groups is 2. The number of anilines is 1. The molecule has 0 radical (unpaired) electrons. The van der Waals surface area contributed by atoms with Crippen LogP contribution in [0.3, 0.4) is 0 Å². The SMILES string of the molecule is CCN1CC(C(=O)Nc2nnc(Cc3cccc(C)c3)s2)CC1=O. The van der Waals surface area contributed by atoms with Gasteiger partial charge in [0.2, 0.25) is 16.9 Å². The van der Waals surface area contributed by atoms with Gasteiger partial charge in [0, 0.05) is 25.9 Å². The molecule has 1 saturated heterocycles. The first kappa shape index (κ1) is 16.6. The summed E-state index contributed by atoms with van der Waals surface area (Å²) >= 11 is 1.38. The van der Waals surface area contributed by atoms with Crippen LogP contribution in [0.4, 0.5) is 5.13 Å². The predicted octanol–water partition coefficient (Wildman–Crippen LogP) is 2.24. The number of amides is 2. The van der Waals surface area contributed by atoms with E-state index in [0.29, 0.717) is 24.6 Å². The van der Waals surface area contributed by atoms with Crippen molar-refractivity contribution < 1.29 is 9.59 Å². The first-order valence-corrected chi connectivity index (χ1v) is 8.83. The Morgan fingerprint density at radius 2 is 2.25 bits per heavy atom. The third kappa shape index (κ3) is 3.79. The second kappa shape index (κ2) is 7.09. The van der Waals surface area contributed by atoms with Crippen LogP contribution in [0.25, 0.3) is 0 Å². The molecule has 2 heterocycles. The van der Waals surface area contributed by atoms with Gasteiger partial charge < -0.3 is 10.2 Å². The Morgan fingerprint density at radius 1 is 1.42 bits per heavy atom. The van der Waals surface area contributed by atoms with E-state index in [1.165, 1.54) is 22.5 Å². The molecule has 0 saturated carbocycles. The van der Waals surface area contributed by atoms with E-state index in [1.807, 2.05) is 13.0 Å². The minimum absolute atomic E-state index is 0.0371. The van der Waals surface area contributed by atoms with Crippen LogP contribution in [0.2, 0.25) is 0 Å². The number of aromatic nitrogens is 2. The Morgan fingerprint density at radius 3 is 2.96 bits per heavy atom. The van der Waals surface area contributed by atoms with E-state index < -0.39 is 0 Å². The highest BCUT2D eigenvalue weighted by Crippen LogP contribution is 2.22. The van der Waals surface area contributed by atoms with Crippen LogP contribution in [-0.2, 0) is 16.0 Å². The molecule has 1 aliphatic heterocycles. The van der Waals surface area contributed by atoms with E-state index in [9.17, 15) is 9.59 Å². The first-order chi connectivity index (χ1) is 11.5. The van der Waals surface area contributed by atoms with Crippen molar-refractivity contribution in [2.75, 3.05) is 18.4 Å². The second-order valence-electron chi connectivity index (χ2n) is 5.99. The molecule has 126 valence electrons. The van der Waals surface area contributed by atoms with Crippen molar-refractivity contribution >= 4 is 28.3 Å². The minimum atomic E-state index is -0.304. The average Bonchev–Trinajstić information content (AvgIpc) is 3.13. The smallest absolute Gasteiger partial charge is 0.231 e. The summed E-state index contributed by atoms with van der Waals surface area (Å²) in [6.07, 6.45) is 0.968. The van der Waals surface area contributed by atoms with Crippen molar-refractivity contribution in [1.82, 2.24) is 15.1 Å². The van der Waals surface area contributed by atoms with Crippen LogP contribution >= 0.6 is 11.3 Å². The van der Waals surface area contributed by atoms with E-state index in [-0.39, 0.29) is 24.2 Å². The highest BCUT2D eigenvalue weighted by molar-refractivity contribution is 7.15. The van der Waals surface area contributed by atoms with Gasteiger partial charge in [-0.1, -0.05) is 41.2 Å². The van der Waals surface area contributed by atoms with Gasteiger partial charge in [-0.3, -0.25) is 9.59 Å². The first-order valence-electron chi connectivity index (χ1n) is 8.01. The monoisotopic (exact) mass is 344 g/mol. The average molecular weight is 344 g/mol. The molecule has 6 nitrogen and oxygen atoms in total. The molecule has 1 atom stereocenters. The number of rotatable bonds is 5. The number of carbonyl (C=O) groups excluding carboxylic acids is 2. The van der Waals surface area contributed by atoms with Crippen LogP contribution in [0.15, 0.2) is 24.3 Å². The molecule has 0 bridgehead atoms. The molecule has 1 unspecified atom stereocenters. The lowest BCUT2D eigenvalue weighted by molar-refractivity contribution is -0.128. The van der Waals surface area contributed by atoms with E-state index in [2.05, 4.69) is 40.6 Å². The topological polar surface area (TPSA) is 75.2 Å². The molecule has 1 aliphatic rings. The Bertz CT molecular complexity index is 759. The molecule has 3 rings (SSSR count). The Hall–Kier alpha value is -2.28. The molecule has 0 aliphatic carbocycles. The number of nitrogens with zero attached hydrogens (tertiary/aromatic N) is 3. The molecule has 24 heavy (non-hydrogen) atoms. The van der Waals surface area contributed by atoms with Gasteiger partial charge in [0.1, 0.15) is 5.01 Å². The predicted molar refractivity (Wildman–Crippen MR) is 92.9 cm³/mol. The summed E-state index contributed by atoms with van der Waals surface area (Å²) in [5.41, 5.74) is 2.38. The summed E-state index contributed by atoms with van der Waals surface area (Å²) in [4.78, 5) is 25.7. The third-order valence-corrected chi connectivity index (χ3v) is 4.94. The molecule has 1 N–H and O–H groups in total. The minimum Gasteiger partial charge on any atom is -0.342 e. The van der Waals surface area contributed by atoms with Crippen LogP contribution < -0.4 is 5.32 Å². The van der Waals surface area contributed by atoms with Crippen LogP contribution in [0.5, 0.6) is 0 Å². The summed E-state index contributed by atoms with van der Waals surface area (Å²) < 4.78 is 0. The Kier molecular flexibility index (Phi) is 4.89. The second-order valence-corrected chi connectivity index (χ2v) is 7.05. The maximum Gasteiger partial charge on any atom is 0.231 e. The molecule has 2 aromatic rings. The third-order valence-electron chi connectivity index (χ3n) is 4.10. The number of hydrogen-bond donors (Lipinski definition) is 1. The normalized spacial score (nSPS) is 17.3. The van der Waals surface area contributed by atoms with Gasteiger partial charge in [-0.2, -0.15) is 0 Å². The molecule has 2 amide bonds. The molecule has 7 heteroatoms. The lowest BCUT2D eigenvalue weighted by Gasteiger charge is -2.12. The van der Waals surface area contributed by atoms with Crippen molar-refractivity contribution in [3.63, 3.8) is 0 Å². The zero-order valence-electron chi connectivity index (χ0n) is 13.8. The van der Waals surface area contributed by atoms with Crippen molar-refractivity contribution in [3.05, 3.63) is 40.4 Å². The van der Waals surface area contributed by atoms with Gasteiger partial charge in [-0.25, -0.2) is 0 Å². The lowest BCUT2D eigenvalue weighted by atomic mass is 10.1. The number of benzene rings is 1. The van der Waals surface area contributed by atoms with Gasteiger partial charge in [0.05, 0.1) is 5.92 Å². The maximum atomic E-state index is 12.3. The maximum absolute atomic E-state index is 12.3. The van der Waals surface area contributed by atoms with E-state index in [4.69, 9.17) is 0 Å². The highest BCUT2D eigenvalue weighted by Gasteiger charge is 2.33. The fourth-order valence-corrected chi connectivity index (χ4v) is 3.61. The summed E-state index contributed by atoms with van der Waals surface area (Å²) in [6, 6.07) is 8.24. The van der Waals surface area contributed by atoms with Gasteiger partial charge in [0.15, 0.2) is 0 Å². The summed E-state index contributed by atoms with van der Waals surface area (Å²) in [5.74, 6) is -0.422. The molecule has 1 aromatic carbocycles. The standard InChI is InChI=1S/C17H20N4O2S/c1-3-21-10-13(9-15(21)22)16(23)18-17-20-19-14(24-17)8-12-6-4-5-11(2)7-12/h4-7,13H,3,8-10H2,1-2H3,(H,18,20,23). The fraction of sp³-hybridized carbons (Fsp3) is 0.412. The zero-order chi connectivity index (χ0) is 17.1. The van der Waals surface area contributed by atoms with Crippen LogP contribution in [0, 0.1) is 12.8 Å². The quantitative estimate of drug-likeness (QED) is 0.903. The number of aryl methyl sites for hydroxylation is 1.